The quantitative estimate of drug-likeness (QED) is 0.216. The maximum absolute atomic E-state index is 14.5. The van der Waals surface area contributed by atoms with Crippen molar-refractivity contribution in [1.29, 1.82) is 0 Å². The van der Waals surface area contributed by atoms with Gasteiger partial charge in [-0.15, -0.1) is 0 Å². The van der Waals surface area contributed by atoms with E-state index in [1.165, 1.54) is 24.1 Å². The molecule has 9 heteroatoms. The molecule has 45 heavy (non-hydrogen) atoms. The average Bonchev–Trinajstić information content (AvgIpc) is 3.02. The van der Waals surface area contributed by atoms with Crippen molar-refractivity contribution in [3.63, 3.8) is 0 Å². The first-order valence-electron chi connectivity index (χ1n) is 14.8. The molecule has 0 saturated heterocycles. The Labute approximate surface area is 266 Å². The van der Waals surface area contributed by atoms with Gasteiger partial charge in [0.25, 0.3) is 10.0 Å². The van der Waals surface area contributed by atoms with Gasteiger partial charge in [-0.25, -0.2) is 8.42 Å². The minimum absolute atomic E-state index is 0.0109. The first kappa shape index (κ1) is 33.3. The van der Waals surface area contributed by atoms with Crippen molar-refractivity contribution in [3.05, 3.63) is 126 Å². The predicted octanol–water partition coefficient (Wildman–Crippen LogP) is 5.75. The van der Waals surface area contributed by atoms with E-state index in [-0.39, 0.29) is 23.8 Å². The molecule has 1 unspecified atom stereocenters. The number of aryl methyl sites for hydroxylation is 1. The highest BCUT2D eigenvalue weighted by Crippen LogP contribution is 2.26. The van der Waals surface area contributed by atoms with Crippen molar-refractivity contribution in [2.45, 2.75) is 57.1 Å². The number of rotatable bonds is 12. The van der Waals surface area contributed by atoms with Crippen LogP contribution in [0.5, 0.6) is 5.75 Å². The Morgan fingerprint density at radius 1 is 0.822 bits per heavy atom. The monoisotopic (exact) mass is 627 g/mol. The molecule has 0 bridgehead atoms. The zero-order valence-corrected chi connectivity index (χ0v) is 27.3. The molecule has 2 amide bonds. The number of benzene rings is 4. The van der Waals surface area contributed by atoms with E-state index in [0.717, 1.165) is 21.0 Å². The van der Waals surface area contributed by atoms with Gasteiger partial charge in [0, 0.05) is 18.5 Å². The van der Waals surface area contributed by atoms with Gasteiger partial charge in [0.2, 0.25) is 11.8 Å². The number of ether oxygens (including phenoxy) is 1. The molecule has 0 aliphatic heterocycles. The van der Waals surface area contributed by atoms with Gasteiger partial charge in [-0.3, -0.25) is 13.9 Å². The molecule has 4 aromatic carbocycles. The minimum atomic E-state index is -4.19. The molecule has 236 valence electrons. The predicted molar refractivity (Wildman–Crippen MR) is 178 cm³/mol. The molecule has 4 rings (SSSR count). The van der Waals surface area contributed by atoms with Crippen molar-refractivity contribution >= 4 is 27.5 Å². The van der Waals surface area contributed by atoms with Gasteiger partial charge in [-0.2, -0.15) is 0 Å². The number of amides is 2. The molecule has 0 aromatic heterocycles. The maximum Gasteiger partial charge on any atom is 0.264 e. The second-order valence-electron chi connectivity index (χ2n) is 11.9. The lowest BCUT2D eigenvalue weighted by molar-refractivity contribution is -0.140. The third-order valence-corrected chi connectivity index (χ3v) is 9.13. The third-order valence-electron chi connectivity index (χ3n) is 7.34. The summed E-state index contributed by atoms with van der Waals surface area (Å²) in [5.41, 5.74) is 2.46. The van der Waals surface area contributed by atoms with Crippen LogP contribution in [-0.4, -0.2) is 50.4 Å². The number of carbonyl (C=O) groups is 2. The molecule has 0 saturated carbocycles. The highest BCUT2D eigenvalue weighted by Gasteiger charge is 2.35. The summed E-state index contributed by atoms with van der Waals surface area (Å²) in [5, 5.41) is 3.05. The summed E-state index contributed by atoms with van der Waals surface area (Å²) in [4.78, 5) is 30.0. The molecule has 0 spiro atoms. The van der Waals surface area contributed by atoms with Crippen LogP contribution in [0.4, 0.5) is 5.69 Å². The number of sulfonamides is 1. The van der Waals surface area contributed by atoms with Crippen LogP contribution in [0.25, 0.3) is 0 Å². The zero-order chi connectivity index (χ0) is 32.6. The van der Waals surface area contributed by atoms with Crippen LogP contribution in [0.15, 0.2) is 114 Å². The van der Waals surface area contributed by atoms with E-state index < -0.39 is 34.1 Å². The number of hydrogen-bond donors (Lipinski definition) is 1. The van der Waals surface area contributed by atoms with E-state index in [2.05, 4.69) is 5.32 Å². The fourth-order valence-corrected chi connectivity index (χ4v) is 6.39. The smallest absolute Gasteiger partial charge is 0.264 e. The Morgan fingerprint density at radius 3 is 1.98 bits per heavy atom. The molecular weight excluding hydrogens is 586 g/mol. The number of nitrogens with one attached hydrogen (secondary N) is 1. The first-order chi connectivity index (χ1) is 21.4. The van der Waals surface area contributed by atoms with Crippen molar-refractivity contribution in [2.75, 3.05) is 18.0 Å². The number of hydrogen-bond acceptors (Lipinski definition) is 5. The molecule has 4 aromatic rings. The van der Waals surface area contributed by atoms with E-state index in [1.807, 2.05) is 82.3 Å². The number of nitrogens with zero attached hydrogens (tertiary/aromatic N) is 2. The fraction of sp³-hybridized carbons (Fsp3) is 0.278. The lowest BCUT2D eigenvalue weighted by Gasteiger charge is -2.35. The standard InChI is InChI=1S/C36H41N3O5S/c1-27-14-12-13-17-29(27)25-38(33(35(41)37-36(2,3)4)24-28-15-8-6-9-16-28)34(40)26-39(30-18-10-7-11-19-30)45(42,43)32-22-20-31(44-5)21-23-32/h6-23,33H,24-26H2,1-5H3,(H,37,41). The van der Waals surface area contributed by atoms with Gasteiger partial charge in [-0.05, 0) is 80.8 Å². The molecule has 0 aliphatic carbocycles. The van der Waals surface area contributed by atoms with Crippen molar-refractivity contribution < 1.29 is 22.7 Å². The average molecular weight is 628 g/mol. The van der Waals surface area contributed by atoms with Gasteiger partial charge in [0.1, 0.15) is 18.3 Å². The molecule has 0 radical (unpaired) electrons. The van der Waals surface area contributed by atoms with Gasteiger partial charge < -0.3 is 15.0 Å². The van der Waals surface area contributed by atoms with Crippen LogP contribution >= 0.6 is 0 Å². The van der Waals surface area contributed by atoms with Crippen LogP contribution in [0.2, 0.25) is 0 Å². The van der Waals surface area contributed by atoms with E-state index in [0.29, 0.717) is 11.4 Å². The van der Waals surface area contributed by atoms with E-state index in [1.54, 1.807) is 42.5 Å². The topological polar surface area (TPSA) is 96.0 Å². The largest absolute Gasteiger partial charge is 0.497 e. The summed E-state index contributed by atoms with van der Waals surface area (Å²) in [7, 11) is -2.69. The lowest BCUT2D eigenvalue weighted by Crippen LogP contribution is -2.56. The van der Waals surface area contributed by atoms with Gasteiger partial charge in [0.05, 0.1) is 17.7 Å². The molecule has 0 fully saturated rings. The van der Waals surface area contributed by atoms with Crippen LogP contribution in [0.1, 0.15) is 37.5 Å². The normalized spacial score (nSPS) is 12.2. The first-order valence-corrected chi connectivity index (χ1v) is 16.2. The number of methoxy groups -OCH3 is 1. The van der Waals surface area contributed by atoms with Crippen LogP contribution in [0.3, 0.4) is 0 Å². The number of para-hydroxylation sites is 1. The van der Waals surface area contributed by atoms with Crippen molar-refractivity contribution in [3.8, 4) is 5.75 Å². The minimum Gasteiger partial charge on any atom is -0.497 e. The number of carbonyl (C=O) groups excluding carboxylic acids is 2. The second kappa shape index (κ2) is 14.4. The molecule has 0 heterocycles. The van der Waals surface area contributed by atoms with Gasteiger partial charge in [-0.1, -0.05) is 72.8 Å². The lowest BCUT2D eigenvalue weighted by atomic mass is 10.00. The van der Waals surface area contributed by atoms with Crippen LogP contribution < -0.4 is 14.4 Å². The summed E-state index contributed by atoms with van der Waals surface area (Å²) in [6.45, 7) is 7.21. The van der Waals surface area contributed by atoms with E-state index >= 15 is 0 Å². The Bertz CT molecular complexity index is 1690. The van der Waals surface area contributed by atoms with Crippen LogP contribution in [-0.2, 0) is 32.6 Å². The molecule has 1 atom stereocenters. The Hall–Kier alpha value is -4.63. The third kappa shape index (κ3) is 8.73. The Morgan fingerprint density at radius 2 is 1.40 bits per heavy atom. The SMILES string of the molecule is COc1ccc(S(=O)(=O)N(CC(=O)N(Cc2ccccc2C)C(Cc2ccccc2)C(=O)NC(C)(C)C)c2ccccc2)cc1. The van der Waals surface area contributed by atoms with E-state index in [4.69, 9.17) is 4.74 Å². The van der Waals surface area contributed by atoms with Crippen molar-refractivity contribution in [1.82, 2.24) is 10.2 Å². The highest BCUT2D eigenvalue weighted by atomic mass is 32.2. The van der Waals surface area contributed by atoms with Crippen LogP contribution in [0, 0.1) is 6.92 Å². The molecule has 1 N–H and O–H groups in total. The van der Waals surface area contributed by atoms with E-state index in [9.17, 15) is 18.0 Å². The summed E-state index contributed by atoms with van der Waals surface area (Å²) in [6, 6.07) is 30.8. The Balaban J connectivity index is 1.81. The van der Waals surface area contributed by atoms with Gasteiger partial charge in [0.15, 0.2) is 0 Å². The Kier molecular flexibility index (Phi) is 10.7. The second-order valence-corrected chi connectivity index (χ2v) is 13.8. The number of anilines is 1. The molecular formula is C36H41N3O5S. The highest BCUT2D eigenvalue weighted by molar-refractivity contribution is 7.92. The summed E-state index contributed by atoms with van der Waals surface area (Å²) < 4.78 is 34.6. The maximum atomic E-state index is 14.5. The fourth-order valence-electron chi connectivity index (χ4n) is 4.98. The van der Waals surface area contributed by atoms with Gasteiger partial charge >= 0.3 is 0 Å². The summed E-state index contributed by atoms with van der Waals surface area (Å²) in [5.74, 6) is -0.323. The summed E-state index contributed by atoms with van der Waals surface area (Å²) >= 11 is 0. The van der Waals surface area contributed by atoms with Crippen molar-refractivity contribution in [2.24, 2.45) is 0 Å². The molecule has 0 aliphatic rings. The summed E-state index contributed by atoms with van der Waals surface area (Å²) in [6.07, 6.45) is 0.247. The molecule has 8 nitrogen and oxygen atoms in total. The zero-order valence-electron chi connectivity index (χ0n) is 26.4.